The number of hydrogen-bond acceptors (Lipinski definition) is 4. The maximum atomic E-state index is 12.7. The normalized spacial score (nSPS) is 18.2. The van der Waals surface area contributed by atoms with Gasteiger partial charge in [-0.3, -0.25) is 0 Å². The first kappa shape index (κ1) is 18.6. The van der Waals surface area contributed by atoms with Crippen molar-refractivity contribution in [2.75, 3.05) is 0 Å². The molecule has 6 nitrogen and oxygen atoms in total. The number of carboxylic acids is 1. The van der Waals surface area contributed by atoms with E-state index in [2.05, 4.69) is 4.72 Å². The van der Waals surface area contributed by atoms with Crippen molar-refractivity contribution in [2.45, 2.75) is 43.2 Å². The van der Waals surface area contributed by atoms with Crippen LogP contribution in [0.4, 0.5) is 0 Å². The van der Waals surface area contributed by atoms with Gasteiger partial charge in [-0.2, -0.15) is 0 Å². The molecule has 138 valence electrons. The van der Waals surface area contributed by atoms with Crippen molar-refractivity contribution in [3.05, 3.63) is 64.7 Å². The molecular formula is C19H21NO5S. The van der Waals surface area contributed by atoms with Crippen LogP contribution in [0, 0.1) is 6.92 Å². The summed E-state index contributed by atoms with van der Waals surface area (Å²) < 4.78 is 28.1. The minimum Gasteiger partial charge on any atom is -0.479 e. The zero-order valence-corrected chi connectivity index (χ0v) is 15.2. The number of hydrogen-bond donors (Lipinski definition) is 3. The summed E-state index contributed by atoms with van der Waals surface area (Å²) >= 11 is 0. The molecule has 0 bridgehead atoms. The van der Waals surface area contributed by atoms with E-state index in [4.69, 9.17) is 5.11 Å². The Morgan fingerprint density at radius 3 is 2.54 bits per heavy atom. The molecule has 0 amide bonds. The molecule has 0 fully saturated rings. The Morgan fingerprint density at radius 1 is 1.19 bits per heavy atom. The van der Waals surface area contributed by atoms with Crippen LogP contribution in [-0.2, 0) is 21.2 Å². The molecule has 0 heterocycles. The molecule has 3 N–H and O–H groups in total. The van der Waals surface area contributed by atoms with Gasteiger partial charge in [0.2, 0.25) is 10.0 Å². The van der Waals surface area contributed by atoms with E-state index < -0.39 is 22.1 Å². The van der Waals surface area contributed by atoms with Crippen LogP contribution in [0.5, 0.6) is 0 Å². The van der Waals surface area contributed by atoms with Gasteiger partial charge < -0.3 is 10.2 Å². The van der Waals surface area contributed by atoms with Crippen LogP contribution in [-0.4, -0.2) is 24.6 Å². The Hall–Kier alpha value is -2.22. The third kappa shape index (κ3) is 3.80. The average Bonchev–Trinajstić information content (AvgIpc) is 2.61. The number of aliphatic hydroxyl groups is 1. The highest BCUT2D eigenvalue weighted by Gasteiger charge is 2.27. The summed E-state index contributed by atoms with van der Waals surface area (Å²) in [4.78, 5) is 11.2. The van der Waals surface area contributed by atoms with Gasteiger partial charge in [0.15, 0.2) is 6.10 Å². The van der Waals surface area contributed by atoms with Gasteiger partial charge in [-0.05, 0) is 55.0 Å². The zero-order chi connectivity index (χ0) is 18.9. The number of sulfonamides is 1. The molecule has 3 rings (SSSR count). The maximum absolute atomic E-state index is 12.7. The number of aliphatic carboxylic acids is 1. The largest absolute Gasteiger partial charge is 0.479 e. The molecule has 1 aliphatic rings. The van der Waals surface area contributed by atoms with Gasteiger partial charge in [-0.1, -0.05) is 35.9 Å². The predicted octanol–water partition coefficient (Wildman–Crippen LogP) is 2.47. The van der Waals surface area contributed by atoms with E-state index in [-0.39, 0.29) is 10.9 Å². The highest BCUT2D eigenvalue weighted by Crippen LogP contribution is 2.33. The molecule has 0 saturated carbocycles. The molecule has 2 aromatic rings. The molecule has 26 heavy (non-hydrogen) atoms. The average molecular weight is 375 g/mol. The van der Waals surface area contributed by atoms with Gasteiger partial charge in [0, 0.05) is 6.04 Å². The van der Waals surface area contributed by atoms with E-state index in [1.165, 1.54) is 6.07 Å². The van der Waals surface area contributed by atoms with Crippen molar-refractivity contribution in [2.24, 2.45) is 0 Å². The van der Waals surface area contributed by atoms with Gasteiger partial charge >= 0.3 is 5.97 Å². The van der Waals surface area contributed by atoms with E-state index in [0.29, 0.717) is 12.0 Å². The standard InChI is InChI=1S/C19H21NO5S/c1-12-5-8-15(9-6-12)26(24,25)20-17-4-2-3-13-11-14(7-10-16(13)17)18(21)19(22)23/h5-11,17-18,20-21H,2-4H2,1H3,(H,22,23). The highest BCUT2D eigenvalue weighted by atomic mass is 32.2. The molecule has 7 heteroatoms. The Balaban J connectivity index is 1.87. The number of benzene rings is 2. The van der Waals surface area contributed by atoms with Gasteiger partial charge in [0.1, 0.15) is 0 Å². The van der Waals surface area contributed by atoms with Crippen molar-refractivity contribution >= 4 is 16.0 Å². The van der Waals surface area contributed by atoms with Crippen LogP contribution in [0.1, 0.15) is 47.2 Å². The topological polar surface area (TPSA) is 104 Å². The molecule has 1 aliphatic carbocycles. The second-order valence-corrected chi connectivity index (χ2v) is 8.29. The number of aliphatic hydroxyl groups excluding tert-OH is 1. The molecule has 0 spiro atoms. The second-order valence-electron chi connectivity index (χ2n) is 6.58. The Labute approximate surface area is 152 Å². The molecule has 0 saturated heterocycles. The number of aryl methyl sites for hydroxylation is 2. The van der Waals surface area contributed by atoms with Crippen LogP contribution in [0.2, 0.25) is 0 Å². The van der Waals surface area contributed by atoms with Gasteiger partial charge in [-0.15, -0.1) is 0 Å². The number of fused-ring (bicyclic) bond motifs is 1. The lowest BCUT2D eigenvalue weighted by molar-refractivity contribution is -0.146. The van der Waals surface area contributed by atoms with Gasteiger partial charge in [0.05, 0.1) is 4.90 Å². The Kier molecular flexibility index (Phi) is 5.13. The van der Waals surface area contributed by atoms with Gasteiger partial charge in [-0.25, -0.2) is 17.9 Å². The van der Waals surface area contributed by atoms with Crippen molar-refractivity contribution in [1.82, 2.24) is 4.72 Å². The number of nitrogens with one attached hydrogen (secondary N) is 1. The fraction of sp³-hybridized carbons (Fsp3) is 0.316. The predicted molar refractivity (Wildman–Crippen MR) is 96.2 cm³/mol. The number of carboxylic acid groups (broad SMARTS) is 1. The summed E-state index contributed by atoms with van der Waals surface area (Å²) in [5, 5.41) is 18.7. The Morgan fingerprint density at radius 2 is 1.88 bits per heavy atom. The van der Waals surface area contributed by atoms with Crippen LogP contribution in [0.25, 0.3) is 0 Å². The van der Waals surface area contributed by atoms with E-state index >= 15 is 0 Å². The lowest BCUT2D eigenvalue weighted by Gasteiger charge is -2.27. The molecule has 0 radical (unpaired) electrons. The van der Waals surface area contributed by atoms with Crippen LogP contribution < -0.4 is 4.72 Å². The third-order valence-corrected chi connectivity index (χ3v) is 6.15. The molecule has 0 aliphatic heterocycles. The number of rotatable bonds is 5. The first-order valence-corrected chi connectivity index (χ1v) is 9.89. The van der Waals surface area contributed by atoms with Crippen molar-refractivity contribution in [1.29, 1.82) is 0 Å². The van der Waals surface area contributed by atoms with Crippen LogP contribution >= 0.6 is 0 Å². The minimum absolute atomic E-state index is 0.216. The first-order chi connectivity index (χ1) is 12.3. The smallest absolute Gasteiger partial charge is 0.337 e. The molecule has 0 aromatic heterocycles. The fourth-order valence-corrected chi connectivity index (χ4v) is 4.49. The van der Waals surface area contributed by atoms with E-state index in [1.54, 1.807) is 36.4 Å². The van der Waals surface area contributed by atoms with Crippen LogP contribution in [0.3, 0.4) is 0 Å². The molecule has 2 unspecified atom stereocenters. The van der Waals surface area contributed by atoms with E-state index in [0.717, 1.165) is 29.5 Å². The monoisotopic (exact) mass is 375 g/mol. The summed E-state index contributed by atoms with van der Waals surface area (Å²) in [6, 6.07) is 11.2. The summed E-state index contributed by atoms with van der Waals surface area (Å²) in [6.45, 7) is 1.89. The van der Waals surface area contributed by atoms with Gasteiger partial charge in [0.25, 0.3) is 0 Å². The lowest BCUT2D eigenvalue weighted by Crippen LogP contribution is -2.31. The summed E-state index contributed by atoms with van der Waals surface area (Å²) in [5.41, 5.74) is 2.98. The maximum Gasteiger partial charge on any atom is 0.337 e. The second kappa shape index (κ2) is 7.19. The fourth-order valence-electron chi connectivity index (χ4n) is 3.24. The summed E-state index contributed by atoms with van der Waals surface area (Å²) in [5.74, 6) is -1.31. The third-order valence-electron chi connectivity index (χ3n) is 4.66. The lowest BCUT2D eigenvalue weighted by atomic mass is 9.86. The summed E-state index contributed by atoms with van der Waals surface area (Å²) in [7, 11) is -3.65. The number of carbonyl (C=O) groups is 1. The van der Waals surface area contributed by atoms with Crippen molar-refractivity contribution in [3.8, 4) is 0 Å². The van der Waals surface area contributed by atoms with Crippen LogP contribution in [0.15, 0.2) is 47.4 Å². The molecule has 2 atom stereocenters. The Bertz CT molecular complexity index is 921. The highest BCUT2D eigenvalue weighted by molar-refractivity contribution is 7.89. The van der Waals surface area contributed by atoms with Crippen molar-refractivity contribution < 1.29 is 23.4 Å². The SMILES string of the molecule is Cc1ccc(S(=O)(=O)NC2CCCc3cc(C(O)C(=O)O)ccc32)cc1. The summed E-state index contributed by atoms with van der Waals surface area (Å²) in [6.07, 6.45) is 0.586. The quantitative estimate of drug-likeness (QED) is 0.745. The molecule has 2 aromatic carbocycles. The van der Waals surface area contributed by atoms with E-state index in [9.17, 15) is 18.3 Å². The zero-order valence-electron chi connectivity index (χ0n) is 14.3. The molecular weight excluding hydrogens is 354 g/mol. The van der Waals surface area contributed by atoms with Crippen molar-refractivity contribution in [3.63, 3.8) is 0 Å². The van der Waals surface area contributed by atoms with E-state index in [1.807, 2.05) is 6.92 Å². The first-order valence-electron chi connectivity index (χ1n) is 8.40. The minimum atomic E-state index is -3.65.